The third kappa shape index (κ3) is 5.57. The zero-order valence-corrected chi connectivity index (χ0v) is 12.2. The van der Waals surface area contributed by atoms with Crippen molar-refractivity contribution in [3.63, 3.8) is 0 Å². The zero-order chi connectivity index (χ0) is 14.8. The molecule has 3 nitrogen and oxygen atoms in total. The first-order valence-electron chi connectivity index (χ1n) is 6.59. The standard InChI is InChI=1S/C9H10O2.C8H11N/c1-2-11-9(10)8-6-4-3-5-7-8;1-9(2)8-6-4-3-5-7-8/h3-7H,2H2,1H3;3-7H,1-2H3. The van der Waals surface area contributed by atoms with Crippen molar-refractivity contribution in [3.05, 3.63) is 66.2 Å². The average Bonchev–Trinajstić information content (AvgIpc) is 2.50. The third-order valence-corrected chi connectivity index (χ3v) is 2.56. The molecular formula is C17H21NO2. The molecule has 2 aromatic carbocycles. The fourth-order valence-electron chi connectivity index (χ4n) is 1.51. The second kappa shape index (κ2) is 8.75. The van der Waals surface area contributed by atoms with Gasteiger partial charge in [0.2, 0.25) is 0 Å². The lowest BCUT2D eigenvalue weighted by Crippen LogP contribution is -2.07. The van der Waals surface area contributed by atoms with Crippen molar-refractivity contribution in [1.29, 1.82) is 0 Å². The van der Waals surface area contributed by atoms with Crippen LogP contribution in [0.4, 0.5) is 5.69 Å². The van der Waals surface area contributed by atoms with E-state index in [1.807, 2.05) is 50.5 Å². The molecule has 0 saturated heterocycles. The Kier molecular flexibility index (Phi) is 6.90. The zero-order valence-electron chi connectivity index (χ0n) is 12.2. The molecule has 0 aliphatic heterocycles. The second-order valence-corrected chi connectivity index (χ2v) is 4.32. The fraction of sp³-hybridized carbons (Fsp3) is 0.235. The Hall–Kier alpha value is -2.29. The highest BCUT2D eigenvalue weighted by atomic mass is 16.5. The Morgan fingerprint density at radius 1 is 0.950 bits per heavy atom. The maximum absolute atomic E-state index is 11.0. The molecule has 0 N–H and O–H groups in total. The SMILES string of the molecule is CCOC(=O)c1ccccc1.CN(C)c1ccccc1. The Bertz CT molecular complexity index is 495. The van der Waals surface area contributed by atoms with Crippen molar-refractivity contribution in [2.75, 3.05) is 25.6 Å². The smallest absolute Gasteiger partial charge is 0.338 e. The molecule has 0 atom stereocenters. The Morgan fingerprint density at radius 3 is 1.85 bits per heavy atom. The third-order valence-electron chi connectivity index (χ3n) is 2.56. The van der Waals surface area contributed by atoms with Gasteiger partial charge in [0.15, 0.2) is 0 Å². The minimum atomic E-state index is -0.256. The first-order valence-corrected chi connectivity index (χ1v) is 6.59. The lowest BCUT2D eigenvalue weighted by molar-refractivity contribution is 0.0526. The molecule has 0 aliphatic rings. The van der Waals surface area contributed by atoms with Gasteiger partial charge in [0.25, 0.3) is 0 Å². The van der Waals surface area contributed by atoms with Gasteiger partial charge in [0.1, 0.15) is 0 Å². The number of hydrogen-bond donors (Lipinski definition) is 0. The molecule has 0 aliphatic carbocycles. The number of nitrogens with zero attached hydrogens (tertiary/aromatic N) is 1. The van der Waals surface area contributed by atoms with Crippen molar-refractivity contribution in [1.82, 2.24) is 0 Å². The number of hydrogen-bond acceptors (Lipinski definition) is 3. The minimum absolute atomic E-state index is 0.256. The van der Waals surface area contributed by atoms with Gasteiger partial charge in [-0.05, 0) is 31.2 Å². The molecule has 0 amide bonds. The van der Waals surface area contributed by atoms with Crippen LogP contribution in [0.5, 0.6) is 0 Å². The molecule has 3 heteroatoms. The number of carbonyl (C=O) groups is 1. The van der Waals surface area contributed by atoms with Gasteiger partial charge in [-0.2, -0.15) is 0 Å². The molecular weight excluding hydrogens is 250 g/mol. The van der Waals surface area contributed by atoms with Gasteiger partial charge < -0.3 is 9.64 Å². The first kappa shape index (κ1) is 15.8. The number of anilines is 1. The van der Waals surface area contributed by atoms with E-state index in [0.717, 1.165) is 0 Å². The summed E-state index contributed by atoms with van der Waals surface area (Å²) in [5.41, 5.74) is 1.85. The van der Waals surface area contributed by atoms with E-state index in [2.05, 4.69) is 17.0 Å². The Balaban J connectivity index is 0.000000204. The van der Waals surface area contributed by atoms with Gasteiger partial charge in [0.05, 0.1) is 12.2 Å². The van der Waals surface area contributed by atoms with Crippen LogP contribution in [0.3, 0.4) is 0 Å². The van der Waals surface area contributed by atoms with Gasteiger partial charge in [-0.15, -0.1) is 0 Å². The number of rotatable bonds is 3. The molecule has 106 valence electrons. The van der Waals surface area contributed by atoms with Crippen LogP contribution in [-0.4, -0.2) is 26.7 Å². The van der Waals surface area contributed by atoms with E-state index in [1.165, 1.54) is 5.69 Å². The Labute approximate surface area is 120 Å². The maximum Gasteiger partial charge on any atom is 0.338 e. The van der Waals surface area contributed by atoms with Crippen LogP contribution in [-0.2, 0) is 4.74 Å². The summed E-state index contributed by atoms with van der Waals surface area (Å²) in [4.78, 5) is 13.1. The van der Waals surface area contributed by atoms with E-state index < -0.39 is 0 Å². The quantitative estimate of drug-likeness (QED) is 0.799. The van der Waals surface area contributed by atoms with E-state index in [0.29, 0.717) is 12.2 Å². The van der Waals surface area contributed by atoms with Crippen molar-refractivity contribution in [2.45, 2.75) is 6.92 Å². The summed E-state index contributed by atoms with van der Waals surface area (Å²) in [6.45, 7) is 2.22. The maximum atomic E-state index is 11.0. The fourth-order valence-corrected chi connectivity index (χ4v) is 1.51. The van der Waals surface area contributed by atoms with E-state index in [-0.39, 0.29) is 5.97 Å². The molecule has 0 bridgehead atoms. The average molecular weight is 271 g/mol. The van der Waals surface area contributed by atoms with E-state index in [1.54, 1.807) is 19.1 Å². The molecule has 0 fully saturated rings. The number of carbonyl (C=O) groups excluding carboxylic acids is 1. The second-order valence-electron chi connectivity index (χ2n) is 4.32. The van der Waals surface area contributed by atoms with Crippen LogP contribution < -0.4 is 4.90 Å². The van der Waals surface area contributed by atoms with Crippen LogP contribution >= 0.6 is 0 Å². The summed E-state index contributed by atoms with van der Waals surface area (Å²) in [5.74, 6) is -0.256. The highest BCUT2D eigenvalue weighted by Gasteiger charge is 2.02. The molecule has 0 saturated carbocycles. The molecule has 0 spiro atoms. The van der Waals surface area contributed by atoms with Crippen molar-refractivity contribution in [2.24, 2.45) is 0 Å². The Morgan fingerprint density at radius 2 is 1.45 bits per heavy atom. The lowest BCUT2D eigenvalue weighted by Gasteiger charge is -2.10. The molecule has 0 radical (unpaired) electrons. The van der Waals surface area contributed by atoms with Crippen LogP contribution in [0.15, 0.2) is 60.7 Å². The molecule has 2 aromatic rings. The highest BCUT2D eigenvalue weighted by Crippen LogP contribution is 2.07. The van der Waals surface area contributed by atoms with E-state index in [4.69, 9.17) is 4.74 Å². The highest BCUT2D eigenvalue weighted by molar-refractivity contribution is 5.89. The first-order chi connectivity index (χ1) is 9.65. The molecule has 0 heterocycles. The molecule has 2 rings (SSSR count). The van der Waals surface area contributed by atoms with Crippen molar-refractivity contribution in [3.8, 4) is 0 Å². The van der Waals surface area contributed by atoms with Gasteiger partial charge in [-0.3, -0.25) is 0 Å². The van der Waals surface area contributed by atoms with Crippen molar-refractivity contribution < 1.29 is 9.53 Å². The van der Waals surface area contributed by atoms with Gasteiger partial charge in [-0.1, -0.05) is 36.4 Å². The predicted molar refractivity (Wildman–Crippen MR) is 83.2 cm³/mol. The van der Waals surface area contributed by atoms with Crippen LogP contribution in [0, 0.1) is 0 Å². The van der Waals surface area contributed by atoms with Crippen molar-refractivity contribution >= 4 is 11.7 Å². The number of para-hydroxylation sites is 1. The molecule has 20 heavy (non-hydrogen) atoms. The van der Waals surface area contributed by atoms with Crippen LogP contribution in [0.1, 0.15) is 17.3 Å². The van der Waals surface area contributed by atoms with Gasteiger partial charge in [0, 0.05) is 19.8 Å². The van der Waals surface area contributed by atoms with E-state index >= 15 is 0 Å². The summed E-state index contributed by atoms with van der Waals surface area (Å²) in [6.07, 6.45) is 0. The molecule has 0 unspecified atom stereocenters. The summed E-state index contributed by atoms with van der Waals surface area (Å²) >= 11 is 0. The van der Waals surface area contributed by atoms with E-state index in [9.17, 15) is 4.79 Å². The number of ether oxygens (including phenoxy) is 1. The largest absolute Gasteiger partial charge is 0.462 e. The normalized spacial score (nSPS) is 9.15. The topological polar surface area (TPSA) is 29.5 Å². The summed E-state index contributed by atoms with van der Waals surface area (Å²) in [7, 11) is 4.07. The minimum Gasteiger partial charge on any atom is -0.462 e. The van der Waals surface area contributed by atoms with Gasteiger partial charge >= 0.3 is 5.97 Å². The lowest BCUT2D eigenvalue weighted by atomic mass is 10.2. The van der Waals surface area contributed by atoms with Gasteiger partial charge in [-0.25, -0.2) is 4.79 Å². The number of esters is 1. The molecule has 0 aromatic heterocycles. The number of benzene rings is 2. The summed E-state index contributed by atoms with van der Waals surface area (Å²) in [6, 6.07) is 19.2. The predicted octanol–water partition coefficient (Wildman–Crippen LogP) is 3.62. The van der Waals surface area contributed by atoms with Crippen LogP contribution in [0.25, 0.3) is 0 Å². The van der Waals surface area contributed by atoms with Crippen LogP contribution in [0.2, 0.25) is 0 Å². The monoisotopic (exact) mass is 271 g/mol. The summed E-state index contributed by atoms with van der Waals surface area (Å²) in [5, 5.41) is 0. The summed E-state index contributed by atoms with van der Waals surface area (Å²) < 4.78 is 4.79.